The van der Waals surface area contributed by atoms with Crippen molar-refractivity contribution < 1.29 is 0 Å². The molecular weight excluding hydrogens is 288 g/mol. The van der Waals surface area contributed by atoms with E-state index in [2.05, 4.69) is 30.1 Å². The summed E-state index contributed by atoms with van der Waals surface area (Å²) < 4.78 is 0. The minimum Gasteiger partial charge on any atom is -0.328 e. The first-order valence-corrected chi connectivity index (χ1v) is 7.81. The van der Waals surface area contributed by atoms with Gasteiger partial charge < -0.3 is 5.73 Å². The fourth-order valence-corrected chi connectivity index (χ4v) is 3.54. The van der Waals surface area contributed by atoms with E-state index in [1.54, 1.807) is 11.8 Å². The molecule has 0 aliphatic rings. The van der Waals surface area contributed by atoms with Crippen molar-refractivity contribution in [3.63, 3.8) is 0 Å². The molecule has 0 aliphatic heterocycles. The van der Waals surface area contributed by atoms with Crippen molar-refractivity contribution in [2.24, 2.45) is 5.73 Å². The normalized spacial score (nSPS) is 12.4. The molecular formula is C16H19ClN2S. The van der Waals surface area contributed by atoms with Gasteiger partial charge in [-0.25, -0.2) is 4.98 Å². The lowest BCUT2D eigenvalue weighted by Crippen LogP contribution is -2.18. The molecule has 106 valence electrons. The molecule has 20 heavy (non-hydrogen) atoms. The van der Waals surface area contributed by atoms with Crippen LogP contribution in [0, 0.1) is 13.8 Å². The van der Waals surface area contributed by atoms with Crippen molar-refractivity contribution in [1.29, 1.82) is 0 Å². The second-order valence-corrected chi connectivity index (χ2v) is 6.57. The highest BCUT2D eigenvalue weighted by atomic mass is 35.5. The van der Waals surface area contributed by atoms with Gasteiger partial charge in [-0.15, -0.1) is 0 Å². The first kappa shape index (κ1) is 15.4. The molecule has 0 amide bonds. The van der Waals surface area contributed by atoms with Crippen LogP contribution in [0.3, 0.4) is 0 Å². The van der Waals surface area contributed by atoms with E-state index in [-0.39, 0.29) is 6.04 Å². The van der Waals surface area contributed by atoms with Crippen LogP contribution in [0.15, 0.2) is 40.3 Å². The van der Waals surface area contributed by atoms with Crippen molar-refractivity contribution in [3.05, 3.63) is 52.2 Å². The van der Waals surface area contributed by atoms with Crippen molar-refractivity contribution >= 4 is 23.4 Å². The molecule has 1 aromatic carbocycles. The molecule has 0 saturated carbocycles. The third-order valence-electron chi connectivity index (χ3n) is 2.87. The molecule has 2 rings (SSSR count). The average molecular weight is 307 g/mol. The molecule has 0 aliphatic carbocycles. The number of nitrogens with two attached hydrogens (primary N) is 1. The summed E-state index contributed by atoms with van der Waals surface area (Å²) in [4.78, 5) is 5.62. The van der Waals surface area contributed by atoms with Crippen LogP contribution < -0.4 is 5.73 Å². The molecule has 1 unspecified atom stereocenters. The number of hydrogen-bond donors (Lipinski definition) is 1. The van der Waals surface area contributed by atoms with Gasteiger partial charge in [0.2, 0.25) is 0 Å². The predicted molar refractivity (Wildman–Crippen MR) is 86.6 cm³/mol. The highest BCUT2D eigenvalue weighted by molar-refractivity contribution is 7.99. The molecule has 0 saturated heterocycles. The summed E-state index contributed by atoms with van der Waals surface area (Å²) >= 11 is 7.97. The third-order valence-corrected chi connectivity index (χ3v) is 4.40. The lowest BCUT2D eigenvalue weighted by molar-refractivity contribution is 0.729. The minimum atomic E-state index is 0.111. The number of aromatic nitrogens is 1. The van der Waals surface area contributed by atoms with Gasteiger partial charge in [-0.3, -0.25) is 0 Å². The quantitative estimate of drug-likeness (QED) is 0.910. The Hall–Kier alpha value is -1.03. The number of aryl methyl sites for hydroxylation is 2. The molecule has 0 fully saturated rings. The Kier molecular flexibility index (Phi) is 5.08. The lowest BCUT2D eigenvalue weighted by Gasteiger charge is -2.13. The van der Waals surface area contributed by atoms with Crippen LogP contribution in [-0.4, -0.2) is 11.0 Å². The number of hydrogen-bond acceptors (Lipinski definition) is 3. The molecule has 0 spiro atoms. The zero-order valence-corrected chi connectivity index (χ0v) is 13.6. The van der Waals surface area contributed by atoms with Gasteiger partial charge in [0.1, 0.15) is 5.03 Å². The van der Waals surface area contributed by atoms with Gasteiger partial charge in [-0.05, 0) is 56.5 Å². The fraction of sp³-hybridized carbons (Fsp3) is 0.312. The van der Waals surface area contributed by atoms with Crippen molar-refractivity contribution in [2.75, 3.05) is 0 Å². The van der Waals surface area contributed by atoms with E-state index >= 15 is 0 Å². The van der Waals surface area contributed by atoms with Gasteiger partial charge in [0.15, 0.2) is 0 Å². The number of rotatable bonds is 4. The summed E-state index contributed by atoms with van der Waals surface area (Å²) in [6, 6.07) is 10.2. The predicted octanol–water partition coefficient (Wildman–Crippen LogP) is 4.39. The Balaban J connectivity index is 2.36. The van der Waals surface area contributed by atoms with Gasteiger partial charge in [-0.1, -0.05) is 35.5 Å². The molecule has 2 aromatic rings. The number of benzene rings is 1. The van der Waals surface area contributed by atoms with Gasteiger partial charge in [-0.2, -0.15) is 0 Å². The largest absolute Gasteiger partial charge is 0.328 e. The second kappa shape index (κ2) is 6.61. The van der Waals surface area contributed by atoms with Crippen LogP contribution in [-0.2, 0) is 6.42 Å². The summed E-state index contributed by atoms with van der Waals surface area (Å²) in [5.41, 5.74) is 9.33. The van der Waals surface area contributed by atoms with Gasteiger partial charge in [0.05, 0.1) is 5.02 Å². The van der Waals surface area contributed by atoms with E-state index in [9.17, 15) is 0 Å². The molecule has 2 nitrogen and oxygen atoms in total. The SMILES string of the molecule is Cc1cc(C)nc(Sc2c(Cl)cccc2CC(C)N)c1. The summed E-state index contributed by atoms with van der Waals surface area (Å²) in [5, 5.41) is 1.73. The van der Waals surface area contributed by atoms with Crippen LogP contribution in [0.5, 0.6) is 0 Å². The first-order valence-electron chi connectivity index (χ1n) is 6.62. The second-order valence-electron chi connectivity index (χ2n) is 5.14. The van der Waals surface area contributed by atoms with Crippen LogP contribution in [0.4, 0.5) is 0 Å². The van der Waals surface area contributed by atoms with E-state index in [0.29, 0.717) is 0 Å². The maximum Gasteiger partial charge on any atom is 0.101 e. The monoisotopic (exact) mass is 306 g/mol. The van der Waals surface area contributed by atoms with Gasteiger partial charge in [0.25, 0.3) is 0 Å². The van der Waals surface area contributed by atoms with E-state index < -0.39 is 0 Å². The molecule has 4 heteroatoms. The number of nitrogens with zero attached hydrogens (tertiary/aromatic N) is 1. The Labute approximate surface area is 129 Å². The van der Waals surface area contributed by atoms with Crippen LogP contribution >= 0.6 is 23.4 Å². The summed E-state index contributed by atoms with van der Waals surface area (Å²) in [6.07, 6.45) is 0.813. The van der Waals surface area contributed by atoms with E-state index in [0.717, 1.165) is 27.1 Å². The van der Waals surface area contributed by atoms with Crippen molar-refractivity contribution in [1.82, 2.24) is 4.98 Å². The Bertz CT molecular complexity index is 591. The lowest BCUT2D eigenvalue weighted by atomic mass is 10.1. The molecule has 0 bridgehead atoms. The summed E-state index contributed by atoms with van der Waals surface area (Å²) in [7, 11) is 0. The van der Waals surface area contributed by atoms with E-state index in [1.807, 2.05) is 26.0 Å². The summed E-state index contributed by atoms with van der Waals surface area (Å²) in [5.74, 6) is 0. The minimum absolute atomic E-state index is 0.111. The van der Waals surface area contributed by atoms with Crippen molar-refractivity contribution in [3.8, 4) is 0 Å². The highest BCUT2D eigenvalue weighted by Crippen LogP contribution is 2.36. The zero-order chi connectivity index (χ0) is 14.7. The fourth-order valence-electron chi connectivity index (χ4n) is 2.14. The topological polar surface area (TPSA) is 38.9 Å². The highest BCUT2D eigenvalue weighted by Gasteiger charge is 2.11. The molecule has 1 aromatic heterocycles. The van der Waals surface area contributed by atoms with Gasteiger partial charge in [0, 0.05) is 16.6 Å². The molecule has 0 radical (unpaired) electrons. The zero-order valence-electron chi connectivity index (χ0n) is 12.0. The Morgan fingerprint density at radius 1 is 1.30 bits per heavy atom. The van der Waals surface area contributed by atoms with Crippen LogP contribution in [0.2, 0.25) is 5.02 Å². The van der Waals surface area contributed by atoms with E-state index in [1.165, 1.54) is 11.1 Å². The summed E-state index contributed by atoms with van der Waals surface area (Å²) in [6.45, 7) is 6.09. The smallest absolute Gasteiger partial charge is 0.101 e. The van der Waals surface area contributed by atoms with Crippen LogP contribution in [0.25, 0.3) is 0 Å². The standard InChI is InChI=1S/C16H19ClN2S/c1-10-7-12(3)19-15(8-10)20-16-13(9-11(2)18)5-4-6-14(16)17/h4-8,11H,9,18H2,1-3H3. The molecule has 2 N–H and O–H groups in total. The maximum absolute atomic E-state index is 6.35. The number of halogens is 1. The van der Waals surface area contributed by atoms with Gasteiger partial charge >= 0.3 is 0 Å². The molecule has 1 heterocycles. The Morgan fingerprint density at radius 3 is 2.70 bits per heavy atom. The number of pyridine rings is 1. The van der Waals surface area contributed by atoms with E-state index in [4.69, 9.17) is 17.3 Å². The first-order chi connectivity index (χ1) is 9.45. The van der Waals surface area contributed by atoms with Crippen LogP contribution in [0.1, 0.15) is 23.7 Å². The molecule has 1 atom stereocenters. The van der Waals surface area contributed by atoms with Crippen molar-refractivity contribution in [2.45, 2.75) is 43.2 Å². The maximum atomic E-state index is 6.35. The average Bonchev–Trinajstić information content (AvgIpc) is 2.31. The Morgan fingerprint density at radius 2 is 2.05 bits per heavy atom. The third kappa shape index (κ3) is 3.98.